The highest BCUT2D eigenvalue weighted by atomic mass is 16.5. The van der Waals surface area contributed by atoms with E-state index in [1.54, 1.807) is 18.2 Å². The van der Waals surface area contributed by atoms with Crippen molar-refractivity contribution in [2.24, 2.45) is 5.92 Å². The minimum absolute atomic E-state index is 0.166. The van der Waals surface area contributed by atoms with Crippen LogP contribution in [0.25, 0.3) is 0 Å². The first-order valence-electron chi connectivity index (χ1n) is 5.99. The van der Waals surface area contributed by atoms with Crippen molar-refractivity contribution in [3.63, 3.8) is 0 Å². The van der Waals surface area contributed by atoms with Gasteiger partial charge in [-0.15, -0.1) is 0 Å². The summed E-state index contributed by atoms with van der Waals surface area (Å²) in [5, 5.41) is 0. The second-order valence-corrected chi connectivity index (χ2v) is 4.68. The normalized spacial score (nSPS) is 18.3. The van der Waals surface area contributed by atoms with Gasteiger partial charge in [-0.2, -0.15) is 0 Å². The largest absolute Gasteiger partial charge is 0.465 e. The van der Waals surface area contributed by atoms with Crippen LogP contribution in [0.1, 0.15) is 13.8 Å². The molecule has 0 amide bonds. The number of fused-ring (bicyclic) bond motifs is 1. The lowest BCUT2D eigenvalue weighted by Crippen LogP contribution is -2.16. The molecule has 0 heterocycles. The van der Waals surface area contributed by atoms with E-state index in [4.69, 9.17) is 0 Å². The smallest absolute Gasteiger partial charge is 0.342 e. The van der Waals surface area contributed by atoms with Crippen molar-refractivity contribution in [2.75, 3.05) is 7.11 Å². The van der Waals surface area contributed by atoms with Gasteiger partial charge in [0.05, 0.1) is 7.11 Å². The third-order valence-electron chi connectivity index (χ3n) is 3.16. The van der Waals surface area contributed by atoms with Crippen LogP contribution in [-0.4, -0.2) is 24.6 Å². The molecule has 0 radical (unpaired) electrons. The van der Waals surface area contributed by atoms with Crippen LogP contribution >= 0.6 is 0 Å². The van der Waals surface area contributed by atoms with Gasteiger partial charge in [-0.05, 0) is 17.6 Å². The molecule has 0 aromatic heterocycles. The molecule has 98 valence electrons. The highest BCUT2D eigenvalue weighted by Gasteiger charge is 2.39. The Morgan fingerprint density at radius 2 is 1.89 bits per heavy atom. The Bertz CT molecular complexity index is 598. The fourth-order valence-corrected chi connectivity index (χ4v) is 2.06. The average Bonchev–Trinajstić information content (AvgIpc) is 2.57. The second kappa shape index (κ2) is 4.80. The molecule has 0 aromatic carbocycles. The number of hydrogen-bond donors (Lipinski definition) is 0. The number of carbonyl (C=O) groups excluding carboxylic acids is 3. The lowest BCUT2D eigenvalue weighted by molar-refractivity contribution is -0.139. The predicted molar refractivity (Wildman–Crippen MR) is 69.2 cm³/mol. The summed E-state index contributed by atoms with van der Waals surface area (Å²) in [6.07, 6.45) is 6.88. The number of allylic oxidation sites excluding steroid dienone is 7. The molecule has 0 atom stereocenters. The maximum Gasteiger partial charge on any atom is 0.342 e. The Labute approximate surface area is 111 Å². The quantitative estimate of drug-likeness (QED) is 0.429. The molecule has 0 saturated heterocycles. The summed E-state index contributed by atoms with van der Waals surface area (Å²) < 4.78 is 4.59. The van der Waals surface area contributed by atoms with E-state index in [9.17, 15) is 14.4 Å². The first kappa shape index (κ1) is 13.2. The fraction of sp³-hybridized carbons (Fsp3) is 0.267. The number of carbonyl (C=O) groups is 3. The molecule has 0 bridgehead atoms. The van der Waals surface area contributed by atoms with E-state index in [1.807, 2.05) is 19.9 Å². The van der Waals surface area contributed by atoms with Crippen LogP contribution in [0.4, 0.5) is 0 Å². The van der Waals surface area contributed by atoms with E-state index in [-0.39, 0.29) is 17.1 Å². The van der Waals surface area contributed by atoms with E-state index < -0.39 is 17.5 Å². The third kappa shape index (κ3) is 2.10. The van der Waals surface area contributed by atoms with Crippen molar-refractivity contribution >= 4 is 17.5 Å². The van der Waals surface area contributed by atoms with Gasteiger partial charge in [-0.1, -0.05) is 32.1 Å². The monoisotopic (exact) mass is 258 g/mol. The van der Waals surface area contributed by atoms with Crippen LogP contribution in [-0.2, 0) is 19.1 Å². The lowest BCUT2D eigenvalue weighted by atomic mass is 9.98. The third-order valence-corrected chi connectivity index (χ3v) is 3.16. The molecule has 0 saturated carbocycles. The number of ketones is 2. The van der Waals surface area contributed by atoms with Gasteiger partial charge >= 0.3 is 5.97 Å². The van der Waals surface area contributed by atoms with Crippen LogP contribution in [0, 0.1) is 5.92 Å². The van der Waals surface area contributed by atoms with Gasteiger partial charge in [0, 0.05) is 11.1 Å². The van der Waals surface area contributed by atoms with E-state index in [0.717, 1.165) is 5.57 Å². The fourth-order valence-electron chi connectivity index (χ4n) is 2.06. The number of Topliss-reactive ketones (excluding diaryl/α,β-unsaturated/α-hetero) is 2. The van der Waals surface area contributed by atoms with Crippen molar-refractivity contribution in [3.8, 4) is 0 Å². The average molecular weight is 258 g/mol. The number of ether oxygens (including phenoxy) is 1. The first-order valence-corrected chi connectivity index (χ1v) is 5.99. The second-order valence-electron chi connectivity index (χ2n) is 4.68. The first-order chi connectivity index (χ1) is 8.97. The SMILES string of the molecule is COC(=O)C1=C2C=C(C(C)C)C=CC=C2C(=O)C1=O. The van der Waals surface area contributed by atoms with Crippen LogP contribution in [0.3, 0.4) is 0 Å². The van der Waals surface area contributed by atoms with Crippen LogP contribution in [0.2, 0.25) is 0 Å². The summed E-state index contributed by atoms with van der Waals surface area (Å²) in [7, 11) is 1.19. The molecular formula is C15H14O4. The van der Waals surface area contributed by atoms with Crippen LogP contribution in [0.15, 0.2) is 46.6 Å². The Hall–Kier alpha value is -2.23. The molecule has 0 aromatic rings. The number of methoxy groups -OCH3 is 1. The summed E-state index contributed by atoms with van der Waals surface area (Å²) in [5.41, 5.74) is 1.42. The topological polar surface area (TPSA) is 60.4 Å². The standard InChI is InChI=1S/C15H14O4/c1-8(2)9-5-4-6-10-11(7-9)12(15(18)19-3)14(17)13(10)16/h4-8H,1-3H3. The predicted octanol–water partition coefficient (Wildman–Crippen LogP) is 1.69. The minimum atomic E-state index is -0.789. The lowest BCUT2D eigenvalue weighted by Gasteiger charge is -2.06. The number of rotatable bonds is 2. The van der Waals surface area contributed by atoms with Crippen LogP contribution < -0.4 is 0 Å². The molecule has 0 N–H and O–H groups in total. The van der Waals surface area contributed by atoms with Crippen molar-refractivity contribution in [1.29, 1.82) is 0 Å². The van der Waals surface area contributed by atoms with Gasteiger partial charge in [0.1, 0.15) is 5.57 Å². The Morgan fingerprint density at radius 1 is 1.21 bits per heavy atom. The van der Waals surface area contributed by atoms with Gasteiger partial charge in [-0.3, -0.25) is 9.59 Å². The van der Waals surface area contributed by atoms with Crippen molar-refractivity contribution in [2.45, 2.75) is 13.8 Å². The van der Waals surface area contributed by atoms with E-state index in [1.165, 1.54) is 7.11 Å². The summed E-state index contributed by atoms with van der Waals surface area (Å²) in [4.78, 5) is 35.4. The molecule has 2 aliphatic rings. The maximum absolute atomic E-state index is 11.9. The summed E-state index contributed by atoms with van der Waals surface area (Å²) in [5.74, 6) is -1.98. The number of esters is 1. The Kier molecular flexibility index (Phi) is 3.34. The van der Waals surface area contributed by atoms with Crippen molar-refractivity contribution < 1.29 is 19.1 Å². The minimum Gasteiger partial charge on any atom is -0.465 e. The van der Waals surface area contributed by atoms with Gasteiger partial charge in [-0.25, -0.2) is 4.79 Å². The van der Waals surface area contributed by atoms with Gasteiger partial charge in [0.25, 0.3) is 0 Å². The van der Waals surface area contributed by atoms with Gasteiger partial charge in [0.2, 0.25) is 11.6 Å². The Balaban J connectivity index is 2.66. The maximum atomic E-state index is 11.9. The van der Waals surface area contributed by atoms with Crippen molar-refractivity contribution in [1.82, 2.24) is 0 Å². The molecule has 2 aliphatic carbocycles. The Morgan fingerprint density at radius 3 is 2.47 bits per heavy atom. The summed E-state index contributed by atoms with van der Waals surface area (Å²) in [6, 6.07) is 0. The molecular weight excluding hydrogens is 244 g/mol. The van der Waals surface area contributed by atoms with Gasteiger partial charge in [0.15, 0.2) is 0 Å². The zero-order chi connectivity index (χ0) is 14.2. The molecule has 19 heavy (non-hydrogen) atoms. The highest BCUT2D eigenvalue weighted by Crippen LogP contribution is 2.32. The molecule has 2 rings (SSSR count). The molecule has 0 spiro atoms. The van der Waals surface area contributed by atoms with Gasteiger partial charge < -0.3 is 4.74 Å². The van der Waals surface area contributed by atoms with E-state index in [0.29, 0.717) is 5.57 Å². The summed E-state index contributed by atoms with van der Waals surface area (Å²) >= 11 is 0. The zero-order valence-electron chi connectivity index (χ0n) is 11.0. The molecule has 0 unspecified atom stereocenters. The molecule has 0 aliphatic heterocycles. The zero-order valence-corrected chi connectivity index (χ0v) is 11.0. The molecule has 4 nitrogen and oxygen atoms in total. The van der Waals surface area contributed by atoms with E-state index in [2.05, 4.69) is 4.74 Å². The summed E-state index contributed by atoms with van der Waals surface area (Å²) in [6.45, 7) is 4.00. The van der Waals surface area contributed by atoms with E-state index >= 15 is 0 Å². The molecule has 4 heteroatoms. The van der Waals surface area contributed by atoms with Crippen LogP contribution in [0.5, 0.6) is 0 Å². The number of hydrogen-bond acceptors (Lipinski definition) is 4. The molecule has 0 fully saturated rings. The van der Waals surface area contributed by atoms with Crippen molar-refractivity contribution in [3.05, 3.63) is 46.6 Å². The highest BCUT2D eigenvalue weighted by molar-refractivity contribution is 6.58.